The Hall–Kier alpha value is -4.25. The first-order valence-corrected chi connectivity index (χ1v) is 10.3. The molecule has 8 nitrogen and oxygen atoms in total. The van der Waals surface area contributed by atoms with Gasteiger partial charge in [0.25, 0.3) is 5.91 Å². The number of anilines is 1. The standard InChI is InChI=1S/C22H15F2N5O3S/c1-32-22(31)15-11-18(17(24)12-16(15)23)25-21(30)19(10-14-8-5-9-33-14)29-20(26-27-28-29)13-6-3-2-4-7-13/h2-12H,1H3,(H,25,30)/b19-10-. The normalized spacial score (nSPS) is 11.3. The summed E-state index contributed by atoms with van der Waals surface area (Å²) in [5, 5.41) is 15.8. The van der Waals surface area contributed by atoms with Gasteiger partial charge in [0.05, 0.1) is 18.4 Å². The van der Waals surface area contributed by atoms with E-state index in [4.69, 9.17) is 0 Å². The Labute approximate surface area is 190 Å². The van der Waals surface area contributed by atoms with E-state index in [2.05, 4.69) is 25.6 Å². The third-order valence-corrected chi connectivity index (χ3v) is 5.31. The Morgan fingerprint density at radius 1 is 1.09 bits per heavy atom. The molecule has 0 aliphatic heterocycles. The van der Waals surface area contributed by atoms with Gasteiger partial charge in [-0.3, -0.25) is 4.79 Å². The van der Waals surface area contributed by atoms with E-state index in [-0.39, 0.29) is 11.5 Å². The van der Waals surface area contributed by atoms with Gasteiger partial charge in [-0.05, 0) is 34.0 Å². The third-order valence-electron chi connectivity index (χ3n) is 4.49. The molecule has 2 aromatic carbocycles. The Morgan fingerprint density at radius 3 is 2.58 bits per heavy atom. The van der Waals surface area contributed by atoms with E-state index in [0.29, 0.717) is 16.5 Å². The summed E-state index contributed by atoms with van der Waals surface area (Å²) in [6.45, 7) is 0. The number of benzene rings is 2. The summed E-state index contributed by atoms with van der Waals surface area (Å²) < 4.78 is 34.1. The highest BCUT2D eigenvalue weighted by atomic mass is 32.1. The number of ether oxygens (including phenoxy) is 1. The van der Waals surface area contributed by atoms with Gasteiger partial charge in [0.1, 0.15) is 17.3 Å². The van der Waals surface area contributed by atoms with E-state index in [0.717, 1.165) is 13.2 Å². The number of esters is 1. The van der Waals surface area contributed by atoms with Crippen LogP contribution in [0.1, 0.15) is 15.2 Å². The van der Waals surface area contributed by atoms with Crippen molar-refractivity contribution in [1.82, 2.24) is 20.2 Å². The second kappa shape index (κ2) is 9.49. The molecule has 0 radical (unpaired) electrons. The molecule has 33 heavy (non-hydrogen) atoms. The fourth-order valence-electron chi connectivity index (χ4n) is 2.95. The summed E-state index contributed by atoms with van der Waals surface area (Å²) in [6, 6.07) is 13.9. The fraction of sp³-hybridized carbons (Fsp3) is 0.0455. The van der Waals surface area contributed by atoms with Crippen LogP contribution < -0.4 is 5.32 Å². The van der Waals surface area contributed by atoms with Crippen LogP contribution in [0, 0.1) is 11.6 Å². The molecule has 0 atom stereocenters. The van der Waals surface area contributed by atoms with Gasteiger partial charge in [-0.15, -0.1) is 16.4 Å². The number of tetrazole rings is 1. The van der Waals surface area contributed by atoms with Crippen LogP contribution in [0.5, 0.6) is 0 Å². The smallest absolute Gasteiger partial charge is 0.340 e. The molecule has 11 heteroatoms. The SMILES string of the molecule is COC(=O)c1cc(NC(=O)/C(=C/c2cccs2)n2nnnc2-c2ccccc2)c(F)cc1F. The highest BCUT2D eigenvalue weighted by molar-refractivity contribution is 7.10. The lowest BCUT2D eigenvalue weighted by Gasteiger charge is -2.12. The van der Waals surface area contributed by atoms with Crippen molar-refractivity contribution in [1.29, 1.82) is 0 Å². The first-order valence-electron chi connectivity index (χ1n) is 9.46. The van der Waals surface area contributed by atoms with Gasteiger partial charge in [0.2, 0.25) is 0 Å². The average Bonchev–Trinajstić information content (AvgIpc) is 3.51. The molecule has 0 spiro atoms. The van der Waals surface area contributed by atoms with Crippen molar-refractivity contribution in [2.24, 2.45) is 0 Å². The molecule has 4 rings (SSSR count). The Morgan fingerprint density at radius 2 is 1.88 bits per heavy atom. The highest BCUT2D eigenvalue weighted by Gasteiger charge is 2.23. The second-order valence-electron chi connectivity index (χ2n) is 6.58. The lowest BCUT2D eigenvalue weighted by atomic mass is 10.1. The van der Waals surface area contributed by atoms with Gasteiger partial charge >= 0.3 is 5.97 Å². The van der Waals surface area contributed by atoms with Crippen molar-refractivity contribution < 1.29 is 23.1 Å². The molecule has 0 fully saturated rings. The molecule has 1 amide bonds. The van der Waals surface area contributed by atoms with Crippen LogP contribution in [0.15, 0.2) is 60.0 Å². The van der Waals surface area contributed by atoms with E-state index >= 15 is 0 Å². The van der Waals surface area contributed by atoms with Gasteiger partial charge in [0.15, 0.2) is 5.82 Å². The van der Waals surface area contributed by atoms with Crippen molar-refractivity contribution in [3.63, 3.8) is 0 Å². The fourth-order valence-corrected chi connectivity index (χ4v) is 3.60. The van der Waals surface area contributed by atoms with Gasteiger partial charge < -0.3 is 10.1 Å². The molecular formula is C22H15F2N5O3S. The molecule has 2 aromatic heterocycles. The van der Waals surface area contributed by atoms with E-state index in [1.54, 1.807) is 36.4 Å². The average molecular weight is 467 g/mol. The maximum absolute atomic E-state index is 14.4. The molecule has 0 aliphatic carbocycles. The van der Waals surface area contributed by atoms with Crippen molar-refractivity contribution in [3.8, 4) is 11.4 Å². The number of carbonyl (C=O) groups is 2. The molecule has 0 bridgehead atoms. The molecule has 0 saturated heterocycles. The number of aromatic nitrogens is 4. The quantitative estimate of drug-likeness (QED) is 0.339. The van der Waals surface area contributed by atoms with Crippen LogP contribution in [0.3, 0.4) is 0 Å². The molecule has 0 unspecified atom stereocenters. The van der Waals surface area contributed by atoms with E-state index < -0.39 is 34.8 Å². The lowest BCUT2D eigenvalue weighted by molar-refractivity contribution is -0.111. The zero-order valence-corrected chi connectivity index (χ0v) is 17.8. The molecule has 0 aliphatic rings. The maximum Gasteiger partial charge on any atom is 0.340 e. The molecular weight excluding hydrogens is 452 g/mol. The summed E-state index contributed by atoms with van der Waals surface area (Å²) in [6.07, 6.45) is 1.53. The Balaban J connectivity index is 1.76. The zero-order chi connectivity index (χ0) is 23.4. The maximum atomic E-state index is 14.4. The number of rotatable bonds is 6. The summed E-state index contributed by atoms with van der Waals surface area (Å²) in [5.74, 6) is -3.69. The number of carbonyl (C=O) groups excluding carboxylic acids is 2. The molecule has 2 heterocycles. The van der Waals surface area contributed by atoms with Gasteiger partial charge in [-0.2, -0.15) is 4.68 Å². The number of hydrogen-bond acceptors (Lipinski definition) is 7. The monoisotopic (exact) mass is 467 g/mol. The first-order chi connectivity index (χ1) is 16.0. The van der Waals surface area contributed by atoms with Crippen LogP contribution in [-0.2, 0) is 9.53 Å². The summed E-state index contributed by atoms with van der Waals surface area (Å²) >= 11 is 1.37. The third kappa shape index (κ3) is 4.67. The topological polar surface area (TPSA) is 99.0 Å². The van der Waals surface area contributed by atoms with E-state index in [1.807, 2.05) is 11.4 Å². The number of nitrogens with one attached hydrogen (secondary N) is 1. The molecule has 1 N–H and O–H groups in total. The van der Waals surface area contributed by atoms with E-state index in [1.165, 1.54) is 22.1 Å². The Bertz CT molecular complexity index is 1340. The second-order valence-corrected chi connectivity index (χ2v) is 7.56. The number of thiophene rings is 1. The summed E-state index contributed by atoms with van der Waals surface area (Å²) in [7, 11) is 1.06. The minimum Gasteiger partial charge on any atom is -0.465 e. The summed E-state index contributed by atoms with van der Waals surface area (Å²) in [4.78, 5) is 25.7. The number of halogens is 2. The van der Waals surface area contributed by atoms with Crippen LogP contribution in [0.4, 0.5) is 14.5 Å². The first kappa shape index (κ1) is 22.0. The van der Waals surface area contributed by atoms with Gasteiger partial charge in [0, 0.05) is 16.5 Å². The highest BCUT2D eigenvalue weighted by Crippen LogP contribution is 2.25. The van der Waals surface area contributed by atoms with Crippen LogP contribution in [0.25, 0.3) is 23.2 Å². The van der Waals surface area contributed by atoms with Crippen molar-refractivity contribution in [2.75, 3.05) is 12.4 Å². The van der Waals surface area contributed by atoms with Crippen LogP contribution in [0.2, 0.25) is 0 Å². The number of nitrogens with zero attached hydrogens (tertiary/aromatic N) is 4. The number of methoxy groups -OCH3 is 1. The van der Waals surface area contributed by atoms with Gasteiger partial charge in [-0.1, -0.05) is 36.4 Å². The molecule has 0 saturated carbocycles. The van der Waals surface area contributed by atoms with Crippen molar-refractivity contribution in [3.05, 3.63) is 82.1 Å². The minimum atomic E-state index is -1.11. The number of hydrogen-bond donors (Lipinski definition) is 1. The Kier molecular flexibility index (Phi) is 6.31. The van der Waals surface area contributed by atoms with Crippen LogP contribution >= 0.6 is 11.3 Å². The van der Waals surface area contributed by atoms with Crippen molar-refractivity contribution in [2.45, 2.75) is 0 Å². The van der Waals surface area contributed by atoms with Crippen LogP contribution in [-0.4, -0.2) is 39.2 Å². The largest absolute Gasteiger partial charge is 0.465 e. The molecule has 4 aromatic rings. The molecule has 166 valence electrons. The van der Waals surface area contributed by atoms with E-state index in [9.17, 15) is 18.4 Å². The summed E-state index contributed by atoms with van der Waals surface area (Å²) in [5.41, 5.74) is -0.309. The van der Waals surface area contributed by atoms with Crippen molar-refractivity contribution >= 4 is 40.7 Å². The zero-order valence-electron chi connectivity index (χ0n) is 17.0. The predicted molar refractivity (Wildman–Crippen MR) is 118 cm³/mol. The minimum absolute atomic E-state index is 0.0235. The lowest BCUT2D eigenvalue weighted by Crippen LogP contribution is -2.20. The number of amides is 1. The predicted octanol–water partition coefficient (Wildman–Crippen LogP) is 4.10. The van der Waals surface area contributed by atoms with Gasteiger partial charge in [-0.25, -0.2) is 13.6 Å².